The van der Waals surface area contributed by atoms with Crippen LogP contribution in [0.25, 0.3) is 11.7 Å². The molecule has 2 aliphatic rings. The summed E-state index contributed by atoms with van der Waals surface area (Å²) in [7, 11) is 0. The van der Waals surface area contributed by atoms with Crippen molar-refractivity contribution in [1.29, 1.82) is 0 Å². The SMILES string of the molecule is CCCCCCCCN1C(=O)/C(=C/c2c(NCCN3CCOCC3)nc3c(C)cccn3c2=O)SC1=S. The van der Waals surface area contributed by atoms with Crippen molar-refractivity contribution in [3.8, 4) is 0 Å². The highest BCUT2D eigenvalue weighted by Crippen LogP contribution is 2.33. The van der Waals surface area contributed by atoms with E-state index < -0.39 is 0 Å². The van der Waals surface area contributed by atoms with Gasteiger partial charge >= 0.3 is 0 Å². The summed E-state index contributed by atoms with van der Waals surface area (Å²) in [5.41, 5.74) is 1.69. The number of pyridine rings is 1. The molecule has 1 N–H and O–H groups in total. The summed E-state index contributed by atoms with van der Waals surface area (Å²) >= 11 is 6.79. The van der Waals surface area contributed by atoms with Crippen LogP contribution in [0.15, 0.2) is 28.0 Å². The van der Waals surface area contributed by atoms with E-state index in [0.29, 0.717) is 39.3 Å². The number of nitrogens with one attached hydrogen (secondary N) is 1. The summed E-state index contributed by atoms with van der Waals surface area (Å²) in [6.07, 6.45) is 10.3. The topological polar surface area (TPSA) is 79.2 Å². The molecule has 0 atom stereocenters. The number of rotatable bonds is 12. The van der Waals surface area contributed by atoms with Crippen molar-refractivity contribution in [2.24, 2.45) is 0 Å². The third-order valence-corrected chi connectivity index (χ3v) is 8.17. The van der Waals surface area contributed by atoms with Gasteiger partial charge in [-0.25, -0.2) is 4.98 Å². The third-order valence-electron chi connectivity index (χ3n) is 6.79. The van der Waals surface area contributed by atoms with Crippen molar-refractivity contribution in [3.63, 3.8) is 0 Å². The van der Waals surface area contributed by atoms with Crippen LogP contribution >= 0.6 is 24.0 Å². The largest absolute Gasteiger partial charge is 0.379 e. The van der Waals surface area contributed by atoms with Crippen LogP contribution in [0, 0.1) is 6.92 Å². The normalized spacial score (nSPS) is 17.9. The van der Waals surface area contributed by atoms with Crippen LogP contribution in [0.3, 0.4) is 0 Å². The van der Waals surface area contributed by atoms with E-state index in [1.54, 1.807) is 21.6 Å². The van der Waals surface area contributed by atoms with E-state index in [-0.39, 0.29) is 11.5 Å². The molecule has 4 heterocycles. The Hall–Kier alpha value is -2.27. The van der Waals surface area contributed by atoms with Gasteiger partial charge in [-0.2, -0.15) is 0 Å². The van der Waals surface area contributed by atoms with Gasteiger partial charge in [0.15, 0.2) is 0 Å². The predicted molar refractivity (Wildman–Crippen MR) is 155 cm³/mol. The van der Waals surface area contributed by atoms with Gasteiger partial charge in [-0.15, -0.1) is 0 Å². The molecule has 0 unspecified atom stereocenters. The molecule has 2 aromatic heterocycles. The maximum Gasteiger partial charge on any atom is 0.267 e. The van der Waals surface area contributed by atoms with Gasteiger partial charge in [0, 0.05) is 38.9 Å². The highest BCUT2D eigenvalue weighted by molar-refractivity contribution is 8.26. The van der Waals surface area contributed by atoms with Crippen LogP contribution in [-0.2, 0) is 9.53 Å². The van der Waals surface area contributed by atoms with Crippen LogP contribution in [-0.4, -0.2) is 75.3 Å². The highest BCUT2D eigenvalue weighted by Gasteiger charge is 2.32. The van der Waals surface area contributed by atoms with Crippen molar-refractivity contribution < 1.29 is 9.53 Å². The molecule has 0 aliphatic carbocycles. The molecular formula is C27H37N5O3S2. The van der Waals surface area contributed by atoms with E-state index in [1.165, 1.54) is 37.4 Å². The smallest absolute Gasteiger partial charge is 0.267 e. The lowest BCUT2D eigenvalue weighted by molar-refractivity contribution is -0.122. The van der Waals surface area contributed by atoms with Gasteiger partial charge < -0.3 is 10.1 Å². The van der Waals surface area contributed by atoms with Crippen LogP contribution < -0.4 is 10.9 Å². The number of amides is 1. The number of aryl methyl sites for hydroxylation is 1. The molecule has 0 bridgehead atoms. The number of nitrogens with zero attached hydrogens (tertiary/aromatic N) is 4. The Kier molecular flexibility index (Phi) is 10.1. The standard InChI is InChI=1S/C27H37N5O3S2/c1-3-4-5-6-7-8-12-32-26(34)22(37-27(32)36)19-21-23(28-11-14-30-15-17-35-18-16-30)29-24-20(2)10-9-13-31(24)25(21)33/h9-10,13,19,28H,3-8,11-12,14-18H2,1-2H3/b22-19-. The van der Waals surface area contributed by atoms with Crippen molar-refractivity contribution in [1.82, 2.24) is 19.2 Å². The Balaban J connectivity index is 1.54. The van der Waals surface area contributed by atoms with Gasteiger partial charge in [0.2, 0.25) is 0 Å². The number of carbonyl (C=O) groups is 1. The van der Waals surface area contributed by atoms with E-state index >= 15 is 0 Å². The second kappa shape index (κ2) is 13.5. The molecule has 4 rings (SSSR count). The second-order valence-corrected chi connectivity index (χ2v) is 11.2. The fourth-order valence-corrected chi connectivity index (χ4v) is 5.90. The van der Waals surface area contributed by atoms with Crippen LogP contribution in [0.5, 0.6) is 0 Å². The molecular weight excluding hydrogens is 506 g/mol. The van der Waals surface area contributed by atoms with Gasteiger partial charge in [0.1, 0.15) is 15.8 Å². The Labute approximate surface area is 228 Å². The quantitative estimate of drug-likeness (QED) is 0.241. The minimum absolute atomic E-state index is 0.128. The zero-order chi connectivity index (χ0) is 26.2. The minimum Gasteiger partial charge on any atom is -0.379 e. The second-order valence-electron chi connectivity index (χ2n) is 9.55. The maximum atomic E-state index is 13.6. The van der Waals surface area contributed by atoms with Gasteiger partial charge in [-0.3, -0.25) is 23.8 Å². The Morgan fingerprint density at radius 2 is 1.89 bits per heavy atom. The number of anilines is 1. The fraction of sp³-hybridized carbons (Fsp3) is 0.556. The lowest BCUT2D eigenvalue weighted by Crippen LogP contribution is -2.39. The first-order valence-corrected chi connectivity index (χ1v) is 14.5. The van der Waals surface area contributed by atoms with E-state index in [9.17, 15) is 9.59 Å². The van der Waals surface area contributed by atoms with Crippen LogP contribution in [0.2, 0.25) is 0 Å². The first-order valence-electron chi connectivity index (χ1n) is 13.3. The summed E-state index contributed by atoms with van der Waals surface area (Å²) in [4.78, 5) is 36.1. The molecule has 1 amide bonds. The molecule has 0 aromatic carbocycles. The van der Waals surface area contributed by atoms with Crippen molar-refractivity contribution in [2.45, 2.75) is 52.4 Å². The number of unbranched alkanes of at least 4 members (excludes halogenated alkanes) is 5. The number of fused-ring (bicyclic) bond motifs is 1. The Morgan fingerprint density at radius 3 is 2.68 bits per heavy atom. The van der Waals surface area contributed by atoms with Gasteiger partial charge in [-0.05, 0) is 31.1 Å². The summed E-state index contributed by atoms with van der Waals surface area (Å²) in [6.45, 7) is 9.47. The maximum absolute atomic E-state index is 13.6. The zero-order valence-corrected chi connectivity index (χ0v) is 23.5. The molecule has 8 nitrogen and oxygen atoms in total. The van der Waals surface area contributed by atoms with Gasteiger partial charge in [-0.1, -0.05) is 69.1 Å². The lowest BCUT2D eigenvalue weighted by Gasteiger charge is -2.26. The van der Waals surface area contributed by atoms with Gasteiger partial charge in [0.05, 0.1) is 23.7 Å². The van der Waals surface area contributed by atoms with Gasteiger partial charge in [0.25, 0.3) is 11.5 Å². The first kappa shape index (κ1) is 27.8. The fourth-order valence-electron chi connectivity index (χ4n) is 4.61. The number of carbonyl (C=O) groups excluding carboxylic acids is 1. The monoisotopic (exact) mass is 543 g/mol. The number of ether oxygens (including phenoxy) is 1. The van der Waals surface area contributed by atoms with Crippen molar-refractivity contribution in [3.05, 3.63) is 44.7 Å². The van der Waals surface area contributed by atoms with E-state index in [0.717, 1.165) is 51.3 Å². The number of morpholine rings is 1. The molecule has 2 fully saturated rings. The molecule has 0 radical (unpaired) electrons. The molecule has 10 heteroatoms. The molecule has 200 valence electrons. The predicted octanol–water partition coefficient (Wildman–Crippen LogP) is 4.31. The number of hydrogen-bond acceptors (Lipinski definition) is 8. The number of thiocarbonyl (C=S) groups is 1. The number of thioether (sulfide) groups is 1. The molecule has 2 aliphatic heterocycles. The van der Waals surface area contributed by atoms with Crippen molar-refractivity contribution >= 4 is 51.7 Å². The van der Waals surface area contributed by atoms with Crippen molar-refractivity contribution in [2.75, 3.05) is 51.3 Å². The minimum atomic E-state index is -0.205. The van der Waals surface area contributed by atoms with E-state index in [2.05, 4.69) is 17.1 Å². The Bertz CT molecular complexity index is 1210. The first-order chi connectivity index (χ1) is 18.0. The number of aromatic nitrogens is 2. The average Bonchev–Trinajstić information content (AvgIpc) is 3.16. The molecule has 0 spiro atoms. The lowest BCUT2D eigenvalue weighted by atomic mass is 10.1. The molecule has 37 heavy (non-hydrogen) atoms. The summed E-state index contributed by atoms with van der Waals surface area (Å²) in [5, 5.41) is 3.37. The van der Waals surface area contributed by atoms with E-state index in [4.69, 9.17) is 21.9 Å². The third kappa shape index (κ3) is 6.98. The summed E-state index contributed by atoms with van der Waals surface area (Å²) in [6, 6.07) is 3.77. The summed E-state index contributed by atoms with van der Waals surface area (Å²) < 4.78 is 7.53. The summed E-state index contributed by atoms with van der Waals surface area (Å²) in [5.74, 6) is 0.366. The number of hydrogen-bond donors (Lipinski definition) is 1. The van der Waals surface area contributed by atoms with Crippen LogP contribution in [0.1, 0.15) is 56.6 Å². The average molecular weight is 544 g/mol. The van der Waals surface area contributed by atoms with Crippen LogP contribution in [0.4, 0.5) is 5.82 Å². The zero-order valence-electron chi connectivity index (χ0n) is 21.8. The molecule has 2 aromatic rings. The van der Waals surface area contributed by atoms with E-state index in [1.807, 2.05) is 19.1 Å². The Morgan fingerprint density at radius 1 is 1.14 bits per heavy atom. The highest BCUT2D eigenvalue weighted by atomic mass is 32.2. The molecule has 2 saturated heterocycles. The molecule has 0 saturated carbocycles.